The number of nitrogens with one attached hydrogen (secondary N) is 1. The molecule has 0 spiro atoms. The fourth-order valence-electron chi connectivity index (χ4n) is 3.01. The lowest BCUT2D eigenvalue weighted by atomic mass is 10.1. The Hall–Kier alpha value is -2.86. The number of hydrogen-bond acceptors (Lipinski definition) is 4. The minimum absolute atomic E-state index is 0.0566. The first kappa shape index (κ1) is 18.9. The van der Waals surface area contributed by atoms with Crippen LogP contribution in [0.15, 0.2) is 48.5 Å². The predicted octanol–water partition coefficient (Wildman–Crippen LogP) is 2.40. The van der Waals surface area contributed by atoms with E-state index in [2.05, 4.69) is 10.2 Å². The van der Waals surface area contributed by atoms with Crippen molar-refractivity contribution in [2.24, 2.45) is 0 Å². The van der Waals surface area contributed by atoms with Gasteiger partial charge in [0.1, 0.15) is 5.75 Å². The normalized spacial score (nSPS) is 14.7. The van der Waals surface area contributed by atoms with Crippen LogP contribution in [0.2, 0.25) is 0 Å². The van der Waals surface area contributed by atoms with Gasteiger partial charge in [-0.2, -0.15) is 0 Å². The Kier molecular flexibility index (Phi) is 6.08. The molecular weight excluding hydrogens is 342 g/mol. The number of rotatable bonds is 5. The zero-order chi connectivity index (χ0) is 19.2. The molecule has 2 aromatic carbocycles. The third-order valence-electron chi connectivity index (χ3n) is 4.67. The molecule has 3 rings (SSSR count). The van der Waals surface area contributed by atoms with Gasteiger partial charge in [-0.25, -0.2) is 0 Å². The first-order valence-corrected chi connectivity index (χ1v) is 9.10. The Morgan fingerprint density at radius 3 is 2.41 bits per heavy atom. The molecule has 27 heavy (non-hydrogen) atoms. The molecule has 0 aromatic heterocycles. The van der Waals surface area contributed by atoms with Crippen molar-refractivity contribution < 1.29 is 14.3 Å². The topological polar surface area (TPSA) is 61.9 Å². The lowest BCUT2D eigenvalue weighted by Gasteiger charge is -2.32. The lowest BCUT2D eigenvalue weighted by molar-refractivity contribution is -0.118. The van der Waals surface area contributed by atoms with E-state index in [1.807, 2.05) is 49.2 Å². The van der Waals surface area contributed by atoms with Crippen LogP contribution >= 0.6 is 0 Å². The van der Waals surface area contributed by atoms with Crippen molar-refractivity contribution in [2.45, 2.75) is 6.92 Å². The molecule has 0 aliphatic carbocycles. The summed E-state index contributed by atoms with van der Waals surface area (Å²) < 4.78 is 5.59. The van der Waals surface area contributed by atoms with Crippen LogP contribution in [0.1, 0.15) is 15.9 Å². The van der Waals surface area contributed by atoms with Crippen LogP contribution < -0.4 is 10.1 Å². The van der Waals surface area contributed by atoms with Crippen molar-refractivity contribution in [2.75, 3.05) is 45.2 Å². The van der Waals surface area contributed by atoms with Crippen LogP contribution in [0.4, 0.5) is 5.69 Å². The van der Waals surface area contributed by atoms with Gasteiger partial charge in [-0.05, 0) is 37.7 Å². The zero-order valence-electron chi connectivity index (χ0n) is 15.8. The van der Waals surface area contributed by atoms with Crippen LogP contribution in [0, 0.1) is 6.92 Å². The van der Waals surface area contributed by atoms with E-state index in [1.54, 1.807) is 18.2 Å². The Bertz CT molecular complexity index is 814. The number of carbonyl (C=O) groups is 2. The smallest absolute Gasteiger partial charge is 0.262 e. The van der Waals surface area contributed by atoms with Gasteiger partial charge >= 0.3 is 0 Å². The molecule has 2 aromatic rings. The molecule has 1 aliphatic heterocycles. The zero-order valence-corrected chi connectivity index (χ0v) is 15.8. The second kappa shape index (κ2) is 8.68. The van der Waals surface area contributed by atoms with Crippen molar-refractivity contribution in [3.05, 3.63) is 59.7 Å². The molecule has 0 radical (unpaired) electrons. The summed E-state index contributed by atoms with van der Waals surface area (Å²) in [7, 11) is 2.05. The number of amides is 2. The molecule has 0 bridgehead atoms. The lowest BCUT2D eigenvalue weighted by Crippen LogP contribution is -2.47. The molecule has 0 unspecified atom stereocenters. The molecule has 1 aliphatic rings. The maximum Gasteiger partial charge on any atom is 0.262 e. The highest BCUT2D eigenvalue weighted by molar-refractivity contribution is 6.04. The summed E-state index contributed by atoms with van der Waals surface area (Å²) in [6.07, 6.45) is 0. The number of benzene rings is 2. The summed E-state index contributed by atoms with van der Waals surface area (Å²) in [5.41, 5.74) is 1.99. The van der Waals surface area contributed by atoms with E-state index in [9.17, 15) is 9.59 Å². The van der Waals surface area contributed by atoms with E-state index in [0.29, 0.717) is 30.1 Å². The fraction of sp³-hybridized carbons (Fsp3) is 0.333. The van der Waals surface area contributed by atoms with Crippen molar-refractivity contribution in [1.29, 1.82) is 0 Å². The Labute approximate surface area is 159 Å². The number of hydrogen-bond donors (Lipinski definition) is 1. The third-order valence-corrected chi connectivity index (χ3v) is 4.67. The van der Waals surface area contributed by atoms with Crippen LogP contribution in [0.5, 0.6) is 5.75 Å². The van der Waals surface area contributed by atoms with E-state index >= 15 is 0 Å². The maximum atomic E-state index is 12.9. The number of nitrogens with zero attached hydrogens (tertiary/aromatic N) is 2. The minimum Gasteiger partial charge on any atom is -0.483 e. The highest BCUT2D eigenvalue weighted by Crippen LogP contribution is 2.19. The highest BCUT2D eigenvalue weighted by atomic mass is 16.5. The summed E-state index contributed by atoms with van der Waals surface area (Å²) in [4.78, 5) is 29.2. The van der Waals surface area contributed by atoms with Crippen molar-refractivity contribution in [3.63, 3.8) is 0 Å². The standard InChI is InChI=1S/C21H25N3O3/c1-16-7-3-6-10-19(16)27-15-20(25)22-18-9-5-4-8-17(18)21(26)24-13-11-23(2)12-14-24/h3-10H,11-15H2,1-2H3,(H,22,25). The van der Waals surface area contributed by atoms with E-state index in [0.717, 1.165) is 18.7 Å². The van der Waals surface area contributed by atoms with Gasteiger partial charge in [0.15, 0.2) is 6.61 Å². The summed E-state index contributed by atoms with van der Waals surface area (Å²) >= 11 is 0. The first-order chi connectivity index (χ1) is 13.0. The Morgan fingerprint density at radius 2 is 1.67 bits per heavy atom. The quantitative estimate of drug-likeness (QED) is 0.882. The molecule has 6 heteroatoms. The Balaban J connectivity index is 1.64. The van der Waals surface area contributed by atoms with Gasteiger partial charge in [-0.1, -0.05) is 30.3 Å². The summed E-state index contributed by atoms with van der Waals surface area (Å²) in [6.45, 7) is 4.90. The minimum atomic E-state index is -0.295. The molecule has 1 saturated heterocycles. The molecule has 6 nitrogen and oxygen atoms in total. The molecule has 0 saturated carbocycles. The number of para-hydroxylation sites is 2. The van der Waals surface area contributed by atoms with Crippen molar-refractivity contribution >= 4 is 17.5 Å². The molecule has 1 fully saturated rings. The van der Waals surface area contributed by atoms with Crippen molar-refractivity contribution in [1.82, 2.24) is 9.80 Å². The van der Waals surface area contributed by atoms with Crippen LogP contribution in [-0.2, 0) is 4.79 Å². The van der Waals surface area contributed by atoms with Gasteiger partial charge in [0.2, 0.25) is 0 Å². The second-order valence-corrected chi connectivity index (χ2v) is 6.74. The number of anilines is 1. The summed E-state index contributed by atoms with van der Waals surface area (Å²) in [5.74, 6) is 0.324. The number of piperazine rings is 1. The summed E-state index contributed by atoms with van der Waals surface area (Å²) in [5, 5.41) is 2.81. The molecule has 1 heterocycles. The van der Waals surface area contributed by atoms with E-state index in [4.69, 9.17) is 4.74 Å². The van der Waals surface area contributed by atoms with Gasteiger partial charge < -0.3 is 19.9 Å². The molecule has 142 valence electrons. The molecular formula is C21H25N3O3. The van der Waals surface area contributed by atoms with Gasteiger partial charge in [-0.15, -0.1) is 0 Å². The SMILES string of the molecule is Cc1ccccc1OCC(=O)Nc1ccccc1C(=O)N1CCN(C)CC1. The maximum absolute atomic E-state index is 12.9. The number of carbonyl (C=O) groups excluding carboxylic acids is 2. The number of ether oxygens (including phenoxy) is 1. The largest absolute Gasteiger partial charge is 0.483 e. The van der Waals surface area contributed by atoms with Gasteiger partial charge in [0.05, 0.1) is 11.3 Å². The highest BCUT2D eigenvalue weighted by Gasteiger charge is 2.22. The van der Waals surface area contributed by atoms with E-state index < -0.39 is 0 Å². The van der Waals surface area contributed by atoms with E-state index in [1.165, 1.54) is 0 Å². The van der Waals surface area contributed by atoms with E-state index in [-0.39, 0.29) is 18.4 Å². The average Bonchev–Trinajstić information content (AvgIpc) is 2.68. The monoisotopic (exact) mass is 367 g/mol. The van der Waals surface area contributed by atoms with Crippen LogP contribution in [-0.4, -0.2) is 61.4 Å². The number of likely N-dealkylation sites (N-methyl/N-ethyl adjacent to an activating group) is 1. The first-order valence-electron chi connectivity index (χ1n) is 9.10. The van der Waals surface area contributed by atoms with Gasteiger partial charge in [0, 0.05) is 26.2 Å². The molecule has 2 amide bonds. The predicted molar refractivity (Wildman–Crippen MR) is 105 cm³/mol. The number of aryl methyl sites for hydroxylation is 1. The van der Waals surface area contributed by atoms with Gasteiger partial charge in [0.25, 0.3) is 11.8 Å². The molecule has 1 N–H and O–H groups in total. The second-order valence-electron chi connectivity index (χ2n) is 6.74. The average molecular weight is 367 g/mol. The third kappa shape index (κ3) is 4.86. The van der Waals surface area contributed by atoms with Crippen LogP contribution in [0.25, 0.3) is 0 Å². The fourth-order valence-corrected chi connectivity index (χ4v) is 3.01. The van der Waals surface area contributed by atoms with Crippen LogP contribution in [0.3, 0.4) is 0 Å². The Morgan fingerprint density at radius 1 is 1.00 bits per heavy atom. The van der Waals surface area contributed by atoms with Crippen molar-refractivity contribution in [3.8, 4) is 5.75 Å². The van der Waals surface area contributed by atoms with Gasteiger partial charge in [-0.3, -0.25) is 9.59 Å². The molecule has 0 atom stereocenters. The summed E-state index contributed by atoms with van der Waals surface area (Å²) in [6, 6.07) is 14.6.